The van der Waals surface area contributed by atoms with Crippen LogP contribution in [0.15, 0.2) is 0 Å². The molecule has 3 nitrogen and oxygen atoms in total. The van der Waals surface area contributed by atoms with Crippen LogP contribution in [-0.2, 0) is 4.79 Å². The predicted octanol–water partition coefficient (Wildman–Crippen LogP) is -0.488. The molecule has 1 atom stereocenters. The molecular formula is C6H14N2O. The van der Waals surface area contributed by atoms with Gasteiger partial charge in [0.15, 0.2) is 0 Å². The fourth-order valence-corrected chi connectivity index (χ4v) is 0.444. The summed E-state index contributed by atoms with van der Waals surface area (Å²) in [6.07, 6.45) is 0. The lowest BCUT2D eigenvalue weighted by atomic mass is 10.2. The van der Waals surface area contributed by atoms with Crippen LogP contribution in [0.5, 0.6) is 0 Å². The number of carbonyl (C=O) groups excluding carboxylic acids is 1. The van der Waals surface area contributed by atoms with E-state index in [1.54, 1.807) is 6.92 Å². The molecule has 0 aliphatic rings. The van der Waals surface area contributed by atoms with Gasteiger partial charge in [0, 0.05) is 13.1 Å². The molecule has 0 spiro atoms. The molecule has 3 heteroatoms. The maximum atomic E-state index is 10.5. The van der Waals surface area contributed by atoms with Crippen molar-refractivity contribution in [3.63, 3.8) is 0 Å². The summed E-state index contributed by atoms with van der Waals surface area (Å²) in [5.41, 5.74) is 5.20. The summed E-state index contributed by atoms with van der Waals surface area (Å²) in [5.74, 6) is 0.156. The van der Waals surface area contributed by atoms with Crippen LogP contribution in [0.25, 0.3) is 0 Å². The van der Waals surface area contributed by atoms with Crippen LogP contribution in [-0.4, -0.2) is 24.9 Å². The zero-order valence-electron chi connectivity index (χ0n) is 5.98. The number of nitrogens with two attached hydrogens (primary N) is 1. The third kappa shape index (κ3) is 4.12. The number of nitrogens with one attached hydrogen (secondary N) is 1. The van der Waals surface area contributed by atoms with Crippen molar-refractivity contribution in [2.24, 2.45) is 5.73 Å². The van der Waals surface area contributed by atoms with Crippen molar-refractivity contribution in [3.8, 4) is 0 Å². The molecule has 0 saturated heterocycles. The lowest BCUT2D eigenvalue weighted by Crippen LogP contribution is -2.35. The van der Waals surface area contributed by atoms with Gasteiger partial charge in [0.1, 0.15) is 5.78 Å². The largest absolute Gasteiger partial charge is 0.329 e. The average molecular weight is 130 g/mol. The van der Waals surface area contributed by atoms with Gasteiger partial charge >= 0.3 is 0 Å². The zero-order valence-corrected chi connectivity index (χ0v) is 5.98. The van der Waals surface area contributed by atoms with Crippen molar-refractivity contribution >= 4 is 5.78 Å². The minimum absolute atomic E-state index is 0.0476. The van der Waals surface area contributed by atoms with E-state index >= 15 is 0 Å². The maximum absolute atomic E-state index is 10.5. The quantitative estimate of drug-likeness (QED) is 0.540. The third-order valence-corrected chi connectivity index (χ3v) is 1.20. The van der Waals surface area contributed by atoms with Crippen molar-refractivity contribution in [1.82, 2.24) is 5.32 Å². The standard InChI is InChI=1S/C6H14N2O/c1-5(6(2)9)8-4-3-7/h5,8H,3-4,7H2,1-2H3. The van der Waals surface area contributed by atoms with Gasteiger partial charge in [0.2, 0.25) is 0 Å². The normalized spacial score (nSPS) is 13.2. The monoisotopic (exact) mass is 130 g/mol. The number of rotatable bonds is 4. The molecule has 0 amide bonds. The molecule has 0 aliphatic heterocycles. The van der Waals surface area contributed by atoms with Crippen molar-refractivity contribution < 1.29 is 4.79 Å². The summed E-state index contributed by atoms with van der Waals surface area (Å²) in [6.45, 7) is 4.69. The van der Waals surface area contributed by atoms with Gasteiger partial charge in [0.05, 0.1) is 6.04 Å². The number of Topliss-reactive ketones (excluding diaryl/α,β-unsaturated/α-hetero) is 1. The molecule has 1 unspecified atom stereocenters. The number of ketones is 1. The first kappa shape index (κ1) is 8.59. The van der Waals surface area contributed by atoms with Gasteiger partial charge in [-0.1, -0.05) is 0 Å². The highest BCUT2D eigenvalue weighted by molar-refractivity contribution is 5.80. The van der Waals surface area contributed by atoms with Gasteiger partial charge in [-0.05, 0) is 13.8 Å². The summed E-state index contributed by atoms with van der Waals surface area (Å²) in [5, 5.41) is 2.96. The first-order valence-electron chi connectivity index (χ1n) is 3.12. The molecule has 0 radical (unpaired) electrons. The van der Waals surface area contributed by atoms with Gasteiger partial charge in [-0.15, -0.1) is 0 Å². The van der Waals surface area contributed by atoms with Crippen molar-refractivity contribution in [2.75, 3.05) is 13.1 Å². The van der Waals surface area contributed by atoms with Gasteiger partial charge in [-0.2, -0.15) is 0 Å². The second-order valence-electron chi connectivity index (χ2n) is 2.08. The van der Waals surface area contributed by atoms with Crippen molar-refractivity contribution in [3.05, 3.63) is 0 Å². The fraction of sp³-hybridized carbons (Fsp3) is 0.833. The van der Waals surface area contributed by atoms with E-state index < -0.39 is 0 Å². The lowest BCUT2D eigenvalue weighted by molar-refractivity contribution is -0.118. The zero-order chi connectivity index (χ0) is 7.28. The Morgan fingerprint density at radius 3 is 2.67 bits per heavy atom. The minimum Gasteiger partial charge on any atom is -0.329 e. The molecule has 54 valence electrons. The third-order valence-electron chi connectivity index (χ3n) is 1.20. The molecule has 0 bridgehead atoms. The van der Waals surface area contributed by atoms with Crippen LogP contribution in [0, 0.1) is 0 Å². The van der Waals surface area contributed by atoms with Crippen LogP contribution >= 0.6 is 0 Å². The minimum atomic E-state index is -0.0476. The fourth-order valence-electron chi connectivity index (χ4n) is 0.444. The van der Waals surface area contributed by atoms with E-state index in [4.69, 9.17) is 5.73 Å². The second-order valence-corrected chi connectivity index (χ2v) is 2.08. The smallest absolute Gasteiger partial charge is 0.146 e. The molecule has 0 heterocycles. The van der Waals surface area contributed by atoms with Crippen LogP contribution in [0.3, 0.4) is 0 Å². The van der Waals surface area contributed by atoms with E-state index in [1.165, 1.54) is 0 Å². The van der Waals surface area contributed by atoms with Crippen LogP contribution < -0.4 is 11.1 Å². The van der Waals surface area contributed by atoms with Crippen LogP contribution in [0.4, 0.5) is 0 Å². The SMILES string of the molecule is CC(=O)C(C)NCCN. The van der Waals surface area contributed by atoms with Gasteiger partial charge in [0.25, 0.3) is 0 Å². The Balaban J connectivity index is 3.27. The topological polar surface area (TPSA) is 55.1 Å². The highest BCUT2D eigenvalue weighted by Gasteiger charge is 2.03. The number of carbonyl (C=O) groups is 1. The lowest BCUT2D eigenvalue weighted by Gasteiger charge is -2.07. The van der Waals surface area contributed by atoms with Crippen LogP contribution in [0.1, 0.15) is 13.8 Å². The Morgan fingerprint density at radius 1 is 1.78 bits per heavy atom. The summed E-state index contributed by atoms with van der Waals surface area (Å²) in [4.78, 5) is 10.5. The Morgan fingerprint density at radius 2 is 2.33 bits per heavy atom. The van der Waals surface area contributed by atoms with Gasteiger partial charge in [-0.3, -0.25) is 4.79 Å². The number of hydrogen-bond acceptors (Lipinski definition) is 3. The molecule has 0 fully saturated rings. The van der Waals surface area contributed by atoms with E-state index in [1.807, 2.05) is 6.92 Å². The molecule has 0 saturated carbocycles. The summed E-state index contributed by atoms with van der Waals surface area (Å²) in [6, 6.07) is -0.0476. The summed E-state index contributed by atoms with van der Waals surface area (Å²) in [7, 11) is 0. The molecular weight excluding hydrogens is 116 g/mol. The molecule has 0 aromatic heterocycles. The van der Waals surface area contributed by atoms with Crippen LogP contribution in [0.2, 0.25) is 0 Å². The van der Waals surface area contributed by atoms with Crippen molar-refractivity contribution in [1.29, 1.82) is 0 Å². The van der Waals surface area contributed by atoms with E-state index in [0.29, 0.717) is 13.1 Å². The summed E-state index contributed by atoms with van der Waals surface area (Å²) >= 11 is 0. The second kappa shape index (κ2) is 4.47. The highest BCUT2D eigenvalue weighted by Crippen LogP contribution is 1.80. The Labute approximate surface area is 55.6 Å². The van der Waals surface area contributed by atoms with E-state index in [-0.39, 0.29) is 11.8 Å². The number of hydrogen-bond donors (Lipinski definition) is 2. The molecule has 9 heavy (non-hydrogen) atoms. The van der Waals surface area contributed by atoms with Gasteiger partial charge < -0.3 is 11.1 Å². The molecule has 0 rings (SSSR count). The molecule has 0 aromatic carbocycles. The Hall–Kier alpha value is -0.410. The first-order chi connectivity index (χ1) is 4.18. The Bertz CT molecular complexity index is 93.1. The highest BCUT2D eigenvalue weighted by atomic mass is 16.1. The predicted molar refractivity (Wildman–Crippen MR) is 37.2 cm³/mol. The maximum Gasteiger partial charge on any atom is 0.146 e. The summed E-state index contributed by atoms with van der Waals surface area (Å²) < 4.78 is 0. The van der Waals surface area contributed by atoms with E-state index in [2.05, 4.69) is 5.32 Å². The van der Waals surface area contributed by atoms with E-state index in [0.717, 1.165) is 0 Å². The molecule has 0 aliphatic carbocycles. The van der Waals surface area contributed by atoms with E-state index in [9.17, 15) is 4.79 Å². The molecule has 0 aromatic rings. The Kier molecular flexibility index (Phi) is 4.26. The van der Waals surface area contributed by atoms with Crippen molar-refractivity contribution in [2.45, 2.75) is 19.9 Å². The first-order valence-corrected chi connectivity index (χ1v) is 3.12. The molecule has 3 N–H and O–H groups in total. The van der Waals surface area contributed by atoms with Gasteiger partial charge in [-0.25, -0.2) is 0 Å². The average Bonchev–Trinajstić information content (AvgIpc) is 1.82.